The molecule has 1 aromatic carbocycles. The minimum Gasteiger partial charge on any atom is -0.469 e. The van der Waals surface area contributed by atoms with E-state index in [1.54, 1.807) is 0 Å². The second-order valence-corrected chi connectivity index (χ2v) is 4.10. The van der Waals surface area contributed by atoms with Crippen LogP contribution in [0.4, 0.5) is 13.2 Å². The Hall–Kier alpha value is -2.31. The molecule has 2 rings (SSSR count). The number of carbonyl (C=O) groups excluding carboxylic acids is 2. The number of benzene rings is 1. The standard InChI is InChI=1S/C13H10F3NO3/c1-20-11(19)5-10(18)7-6-17-9-4-2-3-8(12(7)9)13(14,15)16/h2-4,6,17H,5H2,1H3. The van der Waals surface area contributed by atoms with Crippen molar-refractivity contribution in [2.75, 3.05) is 7.11 Å². The molecule has 0 radical (unpaired) electrons. The number of H-pyrrole nitrogens is 1. The molecule has 0 spiro atoms. The van der Waals surface area contributed by atoms with Gasteiger partial charge >= 0.3 is 12.1 Å². The third kappa shape index (κ3) is 2.52. The molecule has 0 fully saturated rings. The summed E-state index contributed by atoms with van der Waals surface area (Å²) in [4.78, 5) is 25.5. The number of hydrogen-bond donors (Lipinski definition) is 1. The fourth-order valence-corrected chi connectivity index (χ4v) is 1.94. The van der Waals surface area contributed by atoms with E-state index in [1.165, 1.54) is 18.3 Å². The van der Waals surface area contributed by atoms with Gasteiger partial charge in [-0.05, 0) is 12.1 Å². The average molecular weight is 285 g/mol. The zero-order valence-electron chi connectivity index (χ0n) is 10.4. The number of halogens is 3. The summed E-state index contributed by atoms with van der Waals surface area (Å²) in [6, 6.07) is 3.57. The van der Waals surface area contributed by atoms with Crippen molar-refractivity contribution in [3.63, 3.8) is 0 Å². The number of ether oxygens (including phenoxy) is 1. The number of aromatic amines is 1. The van der Waals surface area contributed by atoms with Crippen LogP contribution in [0.25, 0.3) is 10.9 Å². The van der Waals surface area contributed by atoms with E-state index in [2.05, 4.69) is 9.72 Å². The predicted molar refractivity (Wildman–Crippen MR) is 64.3 cm³/mol. The van der Waals surface area contributed by atoms with Crippen LogP contribution in [-0.2, 0) is 15.7 Å². The molecule has 0 unspecified atom stereocenters. The Morgan fingerprint density at radius 1 is 1.30 bits per heavy atom. The fourth-order valence-electron chi connectivity index (χ4n) is 1.94. The van der Waals surface area contributed by atoms with Gasteiger partial charge < -0.3 is 9.72 Å². The molecule has 0 saturated heterocycles. The Morgan fingerprint density at radius 3 is 2.60 bits per heavy atom. The number of alkyl halides is 3. The van der Waals surface area contributed by atoms with Gasteiger partial charge in [0.05, 0.1) is 12.7 Å². The maximum atomic E-state index is 13.0. The van der Waals surface area contributed by atoms with Crippen LogP contribution in [0.15, 0.2) is 24.4 Å². The smallest absolute Gasteiger partial charge is 0.417 e. The molecule has 0 saturated carbocycles. The van der Waals surface area contributed by atoms with Crippen LogP contribution in [0, 0.1) is 0 Å². The van der Waals surface area contributed by atoms with Crippen LogP contribution >= 0.6 is 0 Å². The molecule has 7 heteroatoms. The lowest BCUT2D eigenvalue weighted by molar-refractivity contribution is -0.139. The minimum absolute atomic E-state index is 0.168. The predicted octanol–water partition coefficient (Wildman–Crippen LogP) is 2.93. The lowest BCUT2D eigenvalue weighted by atomic mass is 10.0. The van der Waals surface area contributed by atoms with E-state index in [-0.39, 0.29) is 16.5 Å². The Kier molecular flexibility index (Phi) is 3.52. The highest BCUT2D eigenvalue weighted by Gasteiger charge is 2.34. The normalized spacial score (nSPS) is 11.6. The molecule has 1 N–H and O–H groups in total. The Bertz CT molecular complexity index is 673. The number of esters is 1. The van der Waals surface area contributed by atoms with Crippen molar-refractivity contribution >= 4 is 22.7 Å². The quantitative estimate of drug-likeness (QED) is 0.536. The van der Waals surface area contributed by atoms with Gasteiger partial charge in [-0.25, -0.2) is 0 Å². The highest BCUT2D eigenvalue weighted by molar-refractivity contribution is 6.14. The number of rotatable bonds is 3. The van der Waals surface area contributed by atoms with Crippen molar-refractivity contribution in [2.45, 2.75) is 12.6 Å². The van der Waals surface area contributed by atoms with Gasteiger partial charge in [0.25, 0.3) is 0 Å². The molecule has 0 atom stereocenters. The summed E-state index contributed by atoms with van der Waals surface area (Å²) in [5.74, 6) is -1.52. The summed E-state index contributed by atoms with van der Waals surface area (Å²) in [5.41, 5.74) is -0.893. The third-order valence-electron chi connectivity index (χ3n) is 2.84. The van der Waals surface area contributed by atoms with E-state index in [9.17, 15) is 22.8 Å². The van der Waals surface area contributed by atoms with E-state index >= 15 is 0 Å². The van der Waals surface area contributed by atoms with Gasteiger partial charge in [-0.15, -0.1) is 0 Å². The van der Waals surface area contributed by atoms with Gasteiger partial charge in [0.15, 0.2) is 5.78 Å². The van der Waals surface area contributed by atoms with Gasteiger partial charge in [-0.3, -0.25) is 9.59 Å². The topological polar surface area (TPSA) is 59.2 Å². The summed E-state index contributed by atoms with van der Waals surface area (Å²) in [6.45, 7) is 0. The summed E-state index contributed by atoms with van der Waals surface area (Å²) in [6.07, 6.45) is -4.01. The Morgan fingerprint density at radius 2 is 2.00 bits per heavy atom. The molecule has 4 nitrogen and oxygen atoms in total. The Labute approximate surface area is 111 Å². The molecule has 106 valence electrons. The van der Waals surface area contributed by atoms with Gasteiger partial charge in [-0.1, -0.05) is 6.07 Å². The van der Waals surface area contributed by atoms with E-state index < -0.39 is 29.9 Å². The largest absolute Gasteiger partial charge is 0.469 e. The summed E-state index contributed by atoms with van der Waals surface area (Å²) in [7, 11) is 1.10. The highest BCUT2D eigenvalue weighted by atomic mass is 19.4. The van der Waals surface area contributed by atoms with Crippen molar-refractivity contribution in [1.82, 2.24) is 4.98 Å². The van der Waals surface area contributed by atoms with Crippen LogP contribution in [0.5, 0.6) is 0 Å². The number of ketones is 1. The van der Waals surface area contributed by atoms with Gasteiger partial charge in [0.1, 0.15) is 6.42 Å². The van der Waals surface area contributed by atoms with E-state index in [0.717, 1.165) is 13.2 Å². The monoisotopic (exact) mass is 285 g/mol. The second kappa shape index (κ2) is 4.99. The van der Waals surface area contributed by atoms with Gasteiger partial charge in [0.2, 0.25) is 0 Å². The molecule has 1 heterocycles. The minimum atomic E-state index is -4.58. The van der Waals surface area contributed by atoms with Crippen LogP contribution in [0.3, 0.4) is 0 Å². The summed E-state index contributed by atoms with van der Waals surface area (Å²) in [5, 5.41) is -0.228. The SMILES string of the molecule is COC(=O)CC(=O)c1c[nH]c2cccc(C(F)(F)F)c12. The summed E-state index contributed by atoms with van der Waals surface area (Å²) < 4.78 is 43.2. The number of carbonyl (C=O) groups is 2. The summed E-state index contributed by atoms with van der Waals surface area (Å²) >= 11 is 0. The molecule has 0 aliphatic rings. The molecule has 20 heavy (non-hydrogen) atoms. The number of nitrogens with one attached hydrogen (secondary N) is 1. The van der Waals surface area contributed by atoms with Crippen LogP contribution in [-0.4, -0.2) is 23.8 Å². The van der Waals surface area contributed by atoms with Crippen molar-refractivity contribution in [3.05, 3.63) is 35.5 Å². The zero-order valence-corrected chi connectivity index (χ0v) is 10.4. The first-order valence-corrected chi connectivity index (χ1v) is 5.62. The number of hydrogen-bond acceptors (Lipinski definition) is 3. The first-order chi connectivity index (χ1) is 9.34. The molecular formula is C13H10F3NO3. The maximum Gasteiger partial charge on any atom is 0.417 e. The van der Waals surface area contributed by atoms with Crippen LogP contribution < -0.4 is 0 Å². The average Bonchev–Trinajstić information content (AvgIpc) is 2.80. The first-order valence-electron chi connectivity index (χ1n) is 5.62. The van der Waals surface area contributed by atoms with Crippen LogP contribution in [0.1, 0.15) is 22.3 Å². The number of methoxy groups -OCH3 is 1. The third-order valence-corrected chi connectivity index (χ3v) is 2.84. The van der Waals surface area contributed by atoms with Crippen molar-refractivity contribution in [2.24, 2.45) is 0 Å². The van der Waals surface area contributed by atoms with Crippen molar-refractivity contribution in [3.8, 4) is 0 Å². The van der Waals surface area contributed by atoms with Gasteiger partial charge in [-0.2, -0.15) is 13.2 Å². The zero-order chi connectivity index (χ0) is 14.9. The second-order valence-electron chi connectivity index (χ2n) is 4.10. The molecule has 2 aromatic rings. The lowest BCUT2D eigenvalue weighted by Gasteiger charge is -2.09. The van der Waals surface area contributed by atoms with Crippen LogP contribution in [0.2, 0.25) is 0 Å². The number of fused-ring (bicyclic) bond motifs is 1. The van der Waals surface area contributed by atoms with E-state index in [1.807, 2.05) is 0 Å². The lowest BCUT2D eigenvalue weighted by Crippen LogP contribution is -2.11. The molecule has 0 bridgehead atoms. The van der Waals surface area contributed by atoms with Gasteiger partial charge in [0, 0.05) is 22.7 Å². The molecule has 0 amide bonds. The molecular weight excluding hydrogens is 275 g/mol. The first kappa shape index (κ1) is 14.1. The van der Waals surface area contributed by atoms with E-state index in [0.29, 0.717) is 0 Å². The molecule has 0 aliphatic carbocycles. The van der Waals surface area contributed by atoms with Crippen molar-refractivity contribution in [1.29, 1.82) is 0 Å². The molecule has 1 aromatic heterocycles. The maximum absolute atomic E-state index is 13.0. The molecule has 0 aliphatic heterocycles. The number of aromatic nitrogens is 1. The Balaban J connectivity index is 2.55. The number of Topliss-reactive ketones (excluding diaryl/α,β-unsaturated/α-hetero) is 1. The fraction of sp³-hybridized carbons (Fsp3) is 0.231. The highest BCUT2D eigenvalue weighted by Crippen LogP contribution is 2.36. The van der Waals surface area contributed by atoms with E-state index in [4.69, 9.17) is 0 Å². The van der Waals surface area contributed by atoms with Crippen molar-refractivity contribution < 1.29 is 27.5 Å².